The second-order valence-electron chi connectivity index (χ2n) is 11.2. The first kappa shape index (κ1) is 27.8. The minimum absolute atomic E-state index is 0.500. The molecule has 0 radical (unpaired) electrons. The smallest absolute Gasteiger partial charge is 0.0107 e. The molecule has 0 spiro atoms. The Morgan fingerprint density at radius 3 is 1.67 bits per heavy atom. The van der Waals surface area contributed by atoms with Crippen molar-refractivity contribution in [2.45, 2.75) is 117 Å². The van der Waals surface area contributed by atoms with Crippen LogP contribution in [0.15, 0.2) is 35.7 Å². The lowest BCUT2D eigenvalue weighted by molar-refractivity contribution is 0.686. The zero-order valence-electron chi connectivity index (χ0n) is 23.2. The van der Waals surface area contributed by atoms with Crippen molar-refractivity contribution in [1.29, 1.82) is 0 Å². The Hall–Kier alpha value is -1.47. The molecule has 0 amide bonds. The third kappa shape index (κ3) is 6.56. The van der Waals surface area contributed by atoms with E-state index in [9.17, 15) is 0 Å². The standard InChI is InChI=1S/C32H48S/c1-19(2)26-16-28(21(5)6)32(29(17-26)22(7)8)24(10)14-13-23(9)30-18-27(20(3)4)31(33-12)15-25(30)11/h15-23H,10,13-14H2,1-9,11-12H3/t23-/m0/s1. The maximum Gasteiger partial charge on any atom is 0.0107 e. The molecule has 0 aliphatic carbocycles. The summed E-state index contributed by atoms with van der Waals surface area (Å²) in [5.74, 6) is 2.62. The first-order valence-corrected chi connectivity index (χ1v) is 14.2. The van der Waals surface area contributed by atoms with Crippen molar-refractivity contribution >= 4 is 17.3 Å². The molecule has 2 aromatic carbocycles. The largest absolute Gasteiger partial charge is 0.129 e. The Kier molecular flexibility index (Phi) is 9.92. The Morgan fingerprint density at radius 2 is 1.24 bits per heavy atom. The van der Waals surface area contributed by atoms with Gasteiger partial charge in [-0.3, -0.25) is 0 Å². The van der Waals surface area contributed by atoms with Crippen LogP contribution in [-0.2, 0) is 0 Å². The topological polar surface area (TPSA) is 0 Å². The first-order valence-electron chi connectivity index (χ1n) is 12.9. The van der Waals surface area contributed by atoms with E-state index in [2.05, 4.69) is 106 Å². The summed E-state index contributed by atoms with van der Waals surface area (Å²) in [7, 11) is 0. The predicted molar refractivity (Wildman–Crippen MR) is 152 cm³/mol. The van der Waals surface area contributed by atoms with Crippen LogP contribution < -0.4 is 0 Å². The van der Waals surface area contributed by atoms with Crippen LogP contribution in [0, 0.1) is 6.92 Å². The molecule has 0 N–H and O–H groups in total. The highest BCUT2D eigenvalue weighted by Crippen LogP contribution is 2.39. The molecule has 0 nitrogen and oxygen atoms in total. The molecule has 0 aliphatic heterocycles. The number of aryl methyl sites for hydroxylation is 1. The van der Waals surface area contributed by atoms with Crippen molar-refractivity contribution in [3.8, 4) is 0 Å². The van der Waals surface area contributed by atoms with E-state index in [0.29, 0.717) is 29.6 Å². The van der Waals surface area contributed by atoms with E-state index >= 15 is 0 Å². The maximum absolute atomic E-state index is 4.64. The quantitative estimate of drug-likeness (QED) is 0.315. The number of rotatable bonds is 10. The van der Waals surface area contributed by atoms with Crippen LogP contribution in [0.25, 0.3) is 5.57 Å². The summed E-state index contributed by atoms with van der Waals surface area (Å²) in [5.41, 5.74) is 11.6. The van der Waals surface area contributed by atoms with E-state index in [1.54, 1.807) is 0 Å². The molecule has 0 bridgehead atoms. The zero-order valence-corrected chi connectivity index (χ0v) is 24.0. The van der Waals surface area contributed by atoms with Crippen molar-refractivity contribution in [3.63, 3.8) is 0 Å². The molecular formula is C32H48S. The fourth-order valence-electron chi connectivity index (χ4n) is 4.91. The van der Waals surface area contributed by atoms with Crippen LogP contribution in [0.1, 0.15) is 144 Å². The number of hydrogen-bond donors (Lipinski definition) is 0. The SMILES string of the molecule is C=C(CC[C@H](C)c1cc(C(C)C)c(SC)cc1C)c1c(C(C)C)cc(C(C)C)cc1C(C)C. The molecule has 1 heteroatoms. The number of benzene rings is 2. The highest BCUT2D eigenvalue weighted by molar-refractivity contribution is 7.98. The van der Waals surface area contributed by atoms with Gasteiger partial charge >= 0.3 is 0 Å². The summed E-state index contributed by atoms with van der Waals surface area (Å²) in [4.78, 5) is 1.43. The zero-order chi connectivity index (χ0) is 25.0. The summed E-state index contributed by atoms with van der Waals surface area (Å²) in [5, 5.41) is 0. The van der Waals surface area contributed by atoms with Crippen molar-refractivity contribution < 1.29 is 0 Å². The number of hydrogen-bond acceptors (Lipinski definition) is 1. The van der Waals surface area contributed by atoms with Crippen LogP contribution in [0.2, 0.25) is 0 Å². The van der Waals surface area contributed by atoms with Gasteiger partial charge in [0.1, 0.15) is 0 Å². The van der Waals surface area contributed by atoms with E-state index < -0.39 is 0 Å². The molecule has 182 valence electrons. The summed E-state index contributed by atoms with van der Waals surface area (Å²) >= 11 is 1.87. The van der Waals surface area contributed by atoms with Crippen LogP contribution in [0.4, 0.5) is 0 Å². The van der Waals surface area contributed by atoms with Crippen molar-refractivity contribution in [3.05, 3.63) is 69.8 Å². The Balaban J connectivity index is 2.37. The number of thioether (sulfide) groups is 1. The normalized spacial score (nSPS) is 12.9. The highest BCUT2D eigenvalue weighted by Gasteiger charge is 2.20. The molecule has 1 atom stereocenters. The summed E-state index contributed by atoms with van der Waals surface area (Å²) in [6.45, 7) is 27.8. The summed E-state index contributed by atoms with van der Waals surface area (Å²) in [6, 6.07) is 9.78. The molecular weight excluding hydrogens is 416 g/mol. The van der Waals surface area contributed by atoms with Gasteiger partial charge in [-0.05, 0) is 106 Å². The molecule has 0 saturated heterocycles. The molecule has 0 unspecified atom stereocenters. The van der Waals surface area contributed by atoms with Crippen LogP contribution in [0.3, 0.4) is 0 Å². The summed E-state index contributed by atoms with van der Waals surface area (Å²) in [6.07, 6.45) is 4.37. The van der Waals surface area contributed by atoms with Crippen molar-refractivity contribution in [2.75, 3.05) is 6.26 Å². The van der Waals surface area contributed by atoms with E-state index in [-0.39, 0.29) is 0 Å². The minimum atomic E-state index is 0.500. The van der Waals surface area contributed by atoms with Gasteiger partial charge in [-0.1, -0.05) is 87.1 Å². The van der Waals surface area contributed by atoms with Gasteiger partial charge in [0, 0.05) is 4.90 Å². The minimum Gasteiger partial charge on any atom is -0.129 e. The van der Waals surface area contributed by atoms with E-state index in [1.807, 2.05) is 11.8 Å². The predicted octanol–water partition coefficient (Wildman–Crippen LogP) is 10.8. The van der Waals surface area contributed by atoms with Gasteiger partial charge in [0.05, 0.1) is 0 Å². The third-order valence-corrected chi connectivity index (χ3v) is 7.93. The first-order chi connectivity index (χ1) is 15.4. The van der Waals surface area contributed by atoms with Crippen LogP contribution in [0.5, 0.6) is 0 Å². The molecule has 0 saturated carbocycles. The van der Waals surface area contributed by atoms with Gasteiger partial charge in [-0.25, -0.2) is 0 Å². The average Bonchev–Trinajstić information content (AvgIpc) is 2.75. The van der Waals surface area contributed by atoms with Gasteiger partial charge < -0.3 is 0 Å². The van der Waals surface area contributed by atoms with Crippen molar-refractivity contribution in [2.24, 2.45) is 0 Å². The lowest BCUT2D eigenvalue weighted by Crippen LogP contribution is -2.07. The molecule has 2 aromatic rings. The van der Waals surface area contributed by atoms with E-state index in [0.717, 1.165) is 12.8 Å². The Morgan fingerprint density at radius 1 is 0.727 bits per heavy atom. The van der Waals surface area contributed by atoms with Gasteiger partial charge in [0.15, 0.2) is 0 Å². The van der Waals surface area contributed by atoms with E-state index in [1.165, 1.54) is 49.4 Å². The fraction of sp³-hybridized carbons (Fsp3) is 0.562. The Labute approximate surface area is 209 Å². The average molecular weight is 465 g/mol. The highest BCUT2D eigenvalue weighted by atomic mass is 32.2. The van der Waals surface area contributed by atoms with Gasteiger partial charge in [-0.2, -0.15) is 0 Å². The molecule has 0 aliphatic rings. The van der Waals surface area contributed by atoms with Gasteiger partial charge in [0.2, 0.25) is 0 Å². The molecule has 33 heavy (non-hydrogen) atoms. The Bertz CT molecular complexity index is 930. The van der Waals surface area contributed by atoms with E-state index in [4.69, 9.17) is 0 Å². The second-order valence-corrected chi connectivity index (χ2v) is 12.0. The lowest BCUT2D eigenvalue weighted by atomic mass is 9.80. The lowest BCUT2D eigenvalue weighted by Gasteiger charge is -2.25. The van der Waals surface area contributed by atoms with Crippen LogP contribution in [-0.4, -0.2) is 6.26 Å². The fourth-order valence-corrected chi connectivity index (χ4v) is 5.73. The van der Waals surface area contributed by atoms with Crippen LogP contribution >= 0.6 is 11.8 Å². The number of allylic oxidation sites excluding steroid dienone is 1. The van der Waals surface area contributed by atoms with Gasteiger partial charge in [0.25, 0.3) is 0 Å². The third-order valence-electron chi connectivity index (χ3n) is 7.14. The van der Waals surface area contributed by atoms with Crippen molar-refractivity contribution in [1.82, 2.24) is 0 Å². The second kappa shape index (κ2) is 11.8. The molecule has 0 aromatic heterocycles. The molecule has 2 rings (SSSR count). The van der Waals surface area contributed by atoms with Gasteiger partial charge in [-0.15, -0.1) is 11.8 Å². The molecule has 0 heterocycles. The maximum atomic E-state index is 4.64. The summed E-state index contributed by atoms with van der Waals surface area (Å²) < 4.78 is 0. The molecule has 0 fully saturated rings. The monoisotopic (exact) mass is 464 g/mol.